The summed E-state index contributed by atoms with van der Waals surface area (Å²) >= 11 is 3.40. The van der Waals surface area contributed by atoms with Gasteiger partial charge in [0.05, 0.1) is 6.61 Å². The van der Waals surface area contributed by atoms with E-state index in [0.717, 1.165) is 16.5 Å². The molecule has 3 nitrogen and oxygen atoms in total. The number of hydrogen-bond acceptors (Lipinski definition) is 3. The molecule has 0 saturated carbocycles. The number of rotatable bonds is 3. The highest BCUT2D eigenvalue weighted by atomic mass is 79.9. The van der Waals surface area contributed by atoms with E-state index < -0.39 is 0 Å². The van der Waals surface area contributed by atoms with Gasteiger partial charge in [0.15, 0.2) is 6.29 Å². The molecule has 1 aromatic rings. The van der Waals surface area contributed by atoms with Gasteiger partial charge in [0.2, 0.25) is 0 Å². The monoisotopic (exact) mass is 271 g/mol. The zero-order valence-electron chi connectivity index (χ0n) is 8.36. The Kier molecular flexibility index (Phi) is 3.75. The summed E-state index contributed by atoms with van der Waals surface area (Å²) < 4.78 is 12.3. The summed E-state index contributed by atoms with van der Waals surface area (Å²) in [6.07, 6.45) is 0.672. The van der Waals surface area contributed by atoms with Gasteiger partial charge in [-0.05, 0) is 24.2 Å². The van der Waals surface area contributed by atoms with Gasteiger partial charge in [-0.1, -0.05) is 28.1 Å². The van der Waals surface area contributed by atoms with Crippen molar-refractivity contribution in [1.82, 2.24) is 0 Å². The van der Waals surface area contributed by atoms with Crippen molar-refractivity contribution in [1.29, 1.82) is 0 Å². The average molecular weight is 272 g/mol. The van der Waals surface area contributed by atoms with Gasteiger partial charge in [-0.25, -0.2) is 0 Å². The summed E-state index contributed by atoms with van der Waals surface area (Å²) in [5, 5.41) is 0. The first-order valence-electron chi connectivity index (χ1n) is 5.02. The Hall–Kier alpha value is -0.420. The fourth-order valence-corrected chi connectivity index (χ4v) is 1.86. The smallest absolute Gasteiger partial charge is 0.159 e. The molecule has 1 aromatic carbocycles. The van der Waals surface area contributed by atoms with Crippen LogP contribution in [0.4, 0.5) is 0 Å². The Morgan fingerprint density at radius 2 is 2.07 bits per heavy atom. The van der Waals surface area contributed by atoms with Crippen molar-refractivity contribution in [2.45, 2.75) is 18.8 Å². The van der Waals surface area contributed by atoms with Gasteiger partial charge >= 0.3 is 0 Å². The molecule has 0 aromatic heterocycles. The molecule has 1 heterocycles. The minimum absolute atomic E-state index is 0.0506. The SMILES string of the molecule is NCCC1OCC(c2ccc(Br)cc2)O1. The Morgan fingerprint density at radius 3 is 2.73 bits per heavy atom. The molecule has 2 atom stereocenters. The first-order valence-corrected chi connectivity index (χ1v) is 5.81. The van der Waals surface area contributed by atoms with Crippen molar-refractivity contribution in [3.05, 3.63) is 34.3 Å². The number of ether oxygens (including phenoxy) is 2. The second-order valence-electron chi connectivity index (χ2n) is 3.52. The van der Waals surface area contributed by atoms with E-state index in [4.69, 9.17) is 15.2 Å². The minimum Gasteiger partial charge on any atom is -0.350 e. The second kappa shape index (κ2) is 5.07. The minimum atomic E-state index is -0.136. The molecule has 0 aliphatic carbocycles. The fourth-order valence-electron chi connectivity index (χ4n) is 1.60. The highest BCUT2D eigenvalue weighted by molar-refractivity contribution is 9.10. The molecular formula is C11H14BrNO2. The molecule has 2 rings (SSSR count). The van der Waals surface area contributed by atoms with Crippen molar-refractivity contribution in [2.24, 2.45) is 5.73 Å². The predicted octanol–water partition coefficient (Wildman–Crippen LogP) is 2.21. The molecule has 4 heteroatoms. The standard InChI is InChI=1S/C11H14BrNO2/c12-9-3-1-8(2-4-9)10-7-14-11(15-10)5-6-13/h1-4,10-11H,5-7,13H2. The Balaban J connectivity index is 1.98. The third-order valence-corrected chi connectivity index (χ3v) is 2.92. The molecule has 2 N–H and O–H groups in total. The van der Waals surface area contributed by atoms with Crippen LogP contribution in [0.15, 0.2) is 28.7 Å². The molecule has 1 saturated heterocycles. The van der Waals surface area contributed by atoms with Gasteiger partial charge < -0.3 is 15.2 Å². The second-order valence-corrected chi connectivity index (χ2v) is 4.43. The van der Waals surface area contributed by atoms with Crippen LogP contribution in [-0.2, 0) is 9.47 Å². The highest BCUT2D eigenvalue weighted by Gasteiger charge is 2.26. The number of hydrogen-bond donors (Lipinski definition) is 1. The molecule has 0 amide bonds. The molecule has 0 bridgehead atoms. The summed E-state index contributed by atoms with van der Waals surface area (Å²) in [6.45, 7) is 1.21. The fraction of sp³-hybridized carbons (Fsp3) is 0.455. The summed E-state index contributed by atoms with van der Waals surface area (Å²) in [7, 11) is 0. The first-order chi connectivity index (χ1) is 7.29. The van der Waals surface area contributed by atoms with E-state index in [2.05, 4.69) is 15.9 Å². The Labute approximate surface area is 97.7 Å². The number of benzene rings is 1. The molecule has 0 spiro atoms. The lowest BCUT2D eigenvalue weighted by molar-refractivity contribution is -0.0606. The van der Waals surface area contributed by atoms with Gasteiger partial charge in [0.25, 0.3) is 0 Å². The molecule has 1 aliphatic heterocycles. The van der Waals surface area contributed by atoms with Gasteiger partial charge in [-0.2, -0.15) is 0 Å². The van der Waals surface area contributed by atoms with Gasteiger partial charge in [0, 0.05) is 10.9 Å². The van der Waals surface area contributed by atoms with Crippen molar-refractivity contribution in [2.75, 3.05) is 13.2 Å². The molecular weight excluding hydrogens is 258 g/mol. The lowest BCUT2D eigenvalue weighted by atomic mass is 10.1. The topological polar surface area (TPSA) is 44.5 Å². The third-order valence-electron chi connectivity index (χ3n) is 2.39. The third kappa shape index (κ3) is 2.78. The Bertz CT molecular complexity index is 315. The van der Waals surface area contributed by atoms with Crippen LogP contribution in [-0.4, -0.2) is 19.4 Å². The normalized spacial score (nSPS) is 25.7. The lowest BCUT2D eigenvalue weighted by Crippen LogP contribution is -2.14. The van der Waals surface area contributed by atoms with Crippen LogP contribution in [0.1, 0.15) is 18.1 Å². The van der Waals surface area contributed by atoms with E-state index in [9.17, 15) is 0 Å². The number of nitrogens with two attached hydrogens (primary N) is 1. The lowest BCUT2D eigenvalue weighted by Gasteiger charge is -2.10. The van der Waals surface area contributed by atoms with Crippen LogP contribution in [0, 0.1) is 0 Å². The van der Waals surface area contributed by atoms with E-state index in [1.165, 1.54) is 0 Å². The van der Waals surface area contributed by atoms with E-state index in [0.29, 0.717) is 13.2 Å². The first kappa shape index (κ1) is 11.1. The average Bonchev–Trinajstić information content (AvgIpc) is 2.68. The van der Waals surface area contributed by atoms with E-state index >= 15 is 0 Å². The van der Waals surface area contributed by atoms with Crippen LogP contribution in [0.2, 0.25) is 0 Å². The van der Waals surface area contributed by atoms with Gasteiger partial charge in [-0.15, -0.1) is 0 Å². The maximum atomic E-state index is 5.71. The van der Waals surface area contributed by atoms with E-state index in [1.54, 1.807) is 0 Å². The molecule has 0 radical (unpaired) electrons. The summed E-state index contributed by atoms with van der Waals surface area (Å²) in [6, 6.07) is 8.11. The summed E-state index contributed by atoms with van der Waals surface area (Å²) in [5.74, 6) is 0. The molecule has 15 heavy (non-hydrogen) atoms. The van der Waals surface area contributed by atoms with Crippen molar-refractivity contribution in [3.8, 4) is 0 Å². The van der Waals surface area contributed by atoms with Crippen LogP contribution in [0.3, 0.4) is 0 Å². The van der Waals surface area contributed by atoms with Crippen LogP contribution < -0.4 is 5.73 Å². The zero-order valence-corrected chi connectivity index (χ0v) is 9.94. The molecule has 2 unspecified atom stereocenters. The quantitative estimate of drug-likeness (QED) is 0.917. The predicted molar refractivity (Wildman–Crippen MR) is 61.4 cm³/mol. The maximum absolute atomic E-state index is 5.71. The van der Waals surface area contributed by atoms with Crippen molar-refractivity contribution < 1.29 is 9.47 Å². The van der Waals surface area contributed by atoms with E-state index in [1.807, 2.05) is 24.3 Å². The molecule has 1 fully saturated rings. The van der Waals surface area contributed by atoms with Gasteiger partial charge in [-0.3, -0.25) is 0 Å². The van der Waals surface area contributed by atoms with Crippen LogP contribution >= 0.6 is 15.9 Å². The molecule has 82 valence electrons. The van der Waals surface area contributed by atoms with Crippen molar-refractivity contribution >= 4 is 15.9 Å². The highest BCUT2D eigenvalue weighted by Crippen LogP contribution is 2.28. The van der Waals surface area contributed by atoms with Gasteiger partial charge in [0.1, 0.15) is 6.10 Å². The van der Waals surface area contributed by atoms with Crippen molar-refractivity contribution in [3.63, 3.8) is 0 Å². The summed E-state index contributed by atoms with van der Waals surface area (Å²) in [4.78, 5) is 0. The molecule has 1 aliphatic rings. The zero-order chi connectivity index (χ0) is 10.7. The summed E-state index contributed by atoms with van der Waals surface area (Å²) in [5.41, 5.74) is 6.60. The maximum Gasteiger partial charge on any atom is 0.159 e. The number of halogens is 1. The van der Waals surface area contributed by atoms with E-state index in [-0.39, 0.29) is 12.4 Å². The largest absolute Gasteiger partial charge is 0.350 e. The van der Waals surface area contributed by atoms with Crippen LogP contribution in [0.25, 0.3) is 0 Å². The van der Waals surface area contributed by atoms with Crippen LogP contribution in [0.5, 0.6) is 0 Å². The Morgan fingerprint density at radius 1 is 1.33 bits per heavy atom.